The van der Waals surface area contributed by atoms with Crippen LogP contribution in [-0.4, -0.2) is 24.0 Å². The number of hydrogen-bond donors (Lipinski definition) is 1. The highest BCUT2D eigenvalue weighted by atomic mass is 15.2. The smallest absolute Gasteiger partial charge is 0.0393 e. The van der Waals surface area contributed by atoms with Crippen molar-refractivity contribution in [3.63, 3.8) is 0 Å². The Balaban J connectivity index is 1.94. The third-order valence-corrected chi connectivity index (χ3v) is 4.62. The molecule has 2 fully saturated rings. The highest BCUT2D eigenvalue weighted by molar-refractivity contribution is 5.30. The Kier molecular flexibility index (Phi) is 3.40. The molecule has 3 rings (SSSR count). The van der Waals surface area contributed by atoms with Crippen LogP contribution in [0.4, 0.5) is 0 Å². The summed E-state index contributed by atoms with van der Waals surface area (Å²) in [6, 6.07) is 10.3. The largest absolute Gasteiger partial charge is 0.330 e. The third kappa shape index (κ3) is 2.19. The van der Waals surface area contributed by atoms with E-state index in [1.165, 1.54) is 43.4 Å². The molecule has 1 aliphatic heterocycles. The fraction of sp³-hybridized carbons (Fsp3) is 0.625. The lowest BCUT2D eigenvalue weighted by Crippen LogP contribution is -2.43. The maximum atomic E-state index is 6.04. The fourth-order valence-corrected chi connectivity index (χ4v) is 3.52. The maximum Gasteiger partial charge on any atom is 0.0393 e. The number of nitrogens with two attached hydrogens (primary N) is 1. The summed E-state index contributed by atoms with van der Waals surface area (Å²) in [4.78, 5) is 2.74. The molecule has 0 aromatic heterocycles. The van der Waals surface area contributed by atoms with Gasteiger partial charge in [-0.15, -0.1) is 0 Å². The Morgan fingerprint density at radius 1 is 1.22 bits per heavy atom. The molecular weight excluding hydrogens is 220 g/mol. The predicted molar refractivity (Wildman–Crippen MR) is 75.4 cm³/mol. The second-order valence-electron chi connectivity index (χ2n) is 5.91. The summed E-state index contributed by atoms with van der Waals surface area (Å²) in [5.41, 5.74) is 8.98. The number of likely N-dealkylation sites (tertiary alicyclic amines) is 1. The van der Waals surface area contributed by atoms with Crippen LogP contribution in [0.3, 0.4) is 0 Å². The van der Waals surface area contributed by atoms with Crippen molar-refractivity contribution in [2.75, 3.05) is 13.1 Å². The molecule has 0 radical (unpaired) electrons. The Labute approximate surface area is 110 Å². The van der Waals surface area contributed by atoms with Crippen molar-refractivity contribution in [1.82, 2.24) is 4.90 Å². The molecule has 1 saturated carbocycles. The van der Waals surface area contributed by atoms with Gasteiger partial charge in [0.25, 0.3) is 0 Å². The summed E-state index contributed by atoms with van der Waals surface area (Å²) in [5, 5.41) is 0. The molecule has 2 atom stereocenters. The van der Waals surface area contributed by atoms with Crippen LogP contribution in [0, 0.1) is 12.8 Å². The van der Waals surface area contributed by atoms with Gasteiger partial charge in [-0.3, -0.25) is 4.90 Å². The molecule has 18 heavy (non-hydrogen) atoms. The maximum absolute atomic E-state index is 6.04. The molecule has 1 aromatic rings. The van der Waals surface area contributed by atoms with Gasteiger partial charge in [-0.25, -0.2) is 0 Å². The van der Waals surface area contributed by atoms with Gasteiger partial charge >= 0.3 is 0 Å². The third-order valence-electron chi connectivity index (χ3n) is 4.62. The van der Waals surface area contributed by atoms with E-state index in [1.54, 1.807) is 0 Å². The molecule has 0 amide bonds. The lowest BCUT2D eigenvalue weighted by Gasteiger charge is -2.42. The zero-order valence-corrected chi connectivity index (χ0v) is 11.3. The fourth-order valence-electron chi connectivity index (χ4n) is 3.52. The van der Waals surface area contributed by atoms with Crippen LogP contribution in [0.1, 0.15) is 42.9 Å². The summed E-state index contributed by atoms with van der Waals surface area (Å²) in [5.74, 6) is 0.639. The molecular formula is C16H24N2. The summed E-state index contributed by atoms with van der Waals surface area (Å²) in [6.07, 6.45) is 5.39. The normalized spacial score (nSPS) is 29.4. The minimum absolute atomic E-state index is 0.567. The molecule has 2 unspecified atom stereocenters. The van der Waals surface area contributed by atoms with Crippen LogP contribution in [-0.2, 0) is 0 Å². The van der Waals surface area contributed by atoms with Crippen LogP contribution < -0.4 is 5.73 Å². The number of piperidine rings is 1. The van der Waals surface area contributed by atoms with E-state index < -0.39 is 0 Å². The zero-order chi connectivity index (χ0) is 12.5. The molecule has 0 bridgehead atoms. The van der Waals surface area contributed by atoms with E-state index in [-0.39, 0.29) is 0 Å². The minimum atomic E-state index is 0.567. The minimum Gasteiger partial charge on any atom is -0.330 e. The van der Waals surface area contributed by atoms with Gasteiger partial charge < -0.3 is 5.73 Å². The lowest BCUT2D eigenvalue weighted by atomic mass is 9.83. The molecule has 2 aliphatic rings. The second-order valence-corrected chi connectivity index (χ2v) is 5.91. The topological polar surface area (TPSA) is 29.3 Å². The average molecular weight is 244 g/mol. The van der Waals surface area contributed by atoms with Gasteiger partial charge in [0.2, 0.25) is 0 Å². The van der Waals surface area contributed by atoms with Crippen molar-refractivity contribution in [3.05, 3.63) is 35.4 Å². The SMILES string of the molecule is Cc1ccccc1C1C(CN)CCCN1C1CC1. The van der Waals surface area contributed by atoms with E-state index in [4.69, 9.17) is 5.73 Å². The molecule has 1 saturated heterocycles. The molecule has 0 spiro atoms. The first-order valence-corrected chi connectivity index (χ1v) is 7.32. The van der Waals surface area contributed by atoms with Crippen molar-refractivity contribution in [3.8, 4) is 0 Å². The molecule has 1 aromatic carbocycles. The number of hydrogen-bond acceptors (Lipinski definition) is 2. The summed E-state index contributed by atoms with van der Waals surface area (Å²) in [7, 11) is 0. The van der Waals surface area contributed by atoms with E-state index in [2.05, 4.69) is 36.1 Å². The van der Waals surface area contributed by atoms with Gasteiger partial charge in [0, 0.05) is 12.1 Å². The van der Waals surface area contributed by atoms with Gasteiger partial charge in [-0.05, 0) is 62.7 Å². The Morgan fingerprint density at radius 3 is 2.67 bits per heavy atom. The lowest BCUT2D eigenvalue weighted by molar-refractivity contribution is 0.0875. The van der Waals surface area contributed by atoms with Crippen molar-refractivity contribution in [2.45, 2.75) is 44.7 Å². The van der Waals surface area contributed by atoms with Gasteiger partial charge in [0.15, 0.2) is 0 Å². The van der Waals surface area contributed by atoms with Crippen molar-refractivity contribution in [1.29, 1.82) is 0 Å². The molecule has 1 aliphatic carbocycles. The zero-order valence-electron chi connectivity index (χ0n) is 11.3. The quantitative estimate of drug-likeness (QED) is 0.886. The summed E-state index contributed by atoms with van der Waals surface area (Å²) >= 11 is 0. The van der Waals surface area contributed by atoms with Crippen LogP contribution in [0.25, 0.3) is 0 Å². The van der Waals surface area contributed by atoms with Gasteiger partial charge in [-0.1, -0.05) is 24.3 Å². The van der Waals surface area contributed by atoms with Crippen molar-refractivity contribution < 1.29 is 0 Å². The highest BCUT2D eigenvalue weighted by Gasteiger charge is 2.40. The van der Waals surface area contributed by atoms with E-state index in [1.807, 2.05) is 0 Å². The van der Waals surface area contributed by atoms with Gasteiger partial charge in [0.1, 0.15) is 0 Å². The molecule has 1 heterocycles. The van der Waals surface area contributed by atoms with Gasteiger partial charge in [-0.2, -0.15) is 0 Å². The second kappa shape index (κ2) is 5.02. The van der Waals surface area contributed by atoms with Gasteiger partial charge in [0.05, 0.1) is 0 Å². The Bertz CT molecular complexity index is 411. The Hall–Kier alpha value is -0.860. The van der Waals surface area contributed by atoms with Crippen LogP contribution in [0.15, 0.2) is 24.3 Å². The van der Waals surface area contributed by atoms with Crippen LogP contribution in [0.5, 0.6) is 0 Å². The van der Waals surface area contributed by atoms with E-state index >= 15 is 0 Å². The standard InChI is InChI=1S/C16H24N2/c1-12-5-2-3-7-15(12)16-13(11-17)6-4-10-18(16)14-8-9-14/h2-3,5,7,13-14,16H,4,6,8-11,17H2,1H3. The first-order chi connectivity index (χ1) is 8.81. The predicted octanol–water partition coefficient (Wildman–Crippen LogP) is 2.87. The van der Waals surface area contributed by atoms with E-state index in [9.17, 15) is 0 Å². The number of nitrogens with zero attached hydrogens (tertiary/aromatic N) is 1. The molecule has 2 N–H and O–H groups in total. The van der Waals surface area contributed by atoms with E-state index in [0.717, 1.165) is 12.6 Å². The first kappa shape index (κ1) is 12.2. The van der Waals surface area contributed by atoms with Crippen LogP contribution in [0.2, 0.25) is 0 Å². The highest BCUT2D eigenvalue weighted by Crippen LogP contribution is 2.43. The number of rotatable bonds is 3. The average Bonchev–Trinajstić information content (AvgIpc) is 3.23. The first-order valence-electron chi connectivity index (χ1n) is 7.32. The molecule has 2 heteroatoms. The summed E-state index contributed by atoms with van der Waals surface area (Å²) in [6.45, 7) is 4.32. The van der Waals surface area contributed by atoms with Crippen molar-refractivity contribution in [2.24, 2.45) is 11.7 Å². The van der Waals surface area contributed by atoms with E-state index in [0.29, 0.717) is 12.0 Å². The van der Waals surface area contributed by atoms with Crippen LogP contribution >= 0.6 is 0 Å². The molecule has 98 valence electrons. The molecule has 2 nitrogen and oxygen atoms in total. The monoisotopic (exact) mass is 244 g/mol. The summed E-state index contributed by atoms with van der Waals surface area (Å²) < 4.78 is 0. The number of aryl methyl sites for hydroxylation is 1. The Morgan fingerprint density at radius 2 is 2.00 bits per heavy atom. The van der Waals surface area contributed by atoms with Crippen molar-refractivity contribution >= 4 is 0 Å². The number of benzene rings is 1.